The van der Waals surface area contributed by atoms with Crippen LogP contribution in [-0.2, 0) is 9.09 Å². The standard InChI is InChI=1S/C11H14N3O5P/c1-7-9(13-14-12)10(15)11(16)20(17,18-7)19-8-5-3-2-4-6-8/h2-7,9-11,15-16H,1H3/t7-,9+,10-,11+,20-/m1/s1. The molecule has 0 amide bonds. The average molecular weight is 299 g/mol. The van der Waals surface area contributed by atoms with Crippen molar-refractivity contribution in [1.82, 2.24) is 0 Å². The van der Waals surface area contributed by atoms with E-state index in [1.807, 2.05) is 0 Å². The summed E-state index contributed by atoms with van der Waals surface area (Å²) in [4.78, 5) is 2.57. The molecule has 5 atom stereocenters. The van der Waals surface area contributed by atoms with E-state index in [2.05, 4.69) is 10.0 Å². The maximum atomic E-state index is 12.5. The number of aliphatic hydroxyl groups is 2. The summed E-state index contributed by atoms with van der Waals surface area (Å²) in [6, 6.07) is 7.15. The highest BCUT2D eigenvalue weighted by molar-refractivity contribution is 7.55. The van der Waals surface area contributed by atoms with Crippen molar-refractivity contribution >= 4 is 7.60 Å². The van der Waals surface area contributed by atoms with E-state index < -0.39 is 31.7 Å². The number of hydrogen-bond acceptors (Lipinski definition) is 6. The molecule has 0 bridgehead atoms. The summed E-state index contributed by atoms with van der Waals surface area (Å²) in [6.45, 7) is 1.48. The Labute approximate surface area is 115 Å². The molecule has 0 unspecified atom stereocenters. The van der Waals surface area contributed by atoms with Gasteiger partial charge in [0.05, 0.1) is 12.1 Å². The number of azide groups is 1. The molecule has 0 aromatic heterocycles. The van der Waals surface area contributed by atoms with Crippen molar-refractivity contribution in [3.05, 3.63) is 40.8 Å². The first kappa shape index (κ1) is 14.8. The average Bonchev–Trinajstić information content (AvgIpc) is 2.42. The van der Waals surface area contributed by atoms with Crippen molar-refractivity contribution in [3.63, 3.8) is 0 Å². The number of hydrogen-bond donors (Lipinski definition) is 2. The van der Waals surface area contributed by atoms with Gasteiger partial charge in [0.25, 0.3) is 0 Å². The normalized spacial score (nSPS) is 37.0. The van der Waals surface area contributed by atoms with Crippen LogP contribution in [0.25, 0.3) is 10.4 Å². The number of benzene rings is 1. The van der Waals surface area contributed by atoms with Gasteiger partial charge in [-0.05, 0) is 24.6 Å². The monoisotopic (exact) mass is 299 g/mol. The fourth-order valence-electron chi connectivity index (χ4n) is 1.92. The molecule has 8 nitrogen and oxygen atoms in total. The van der Waals surface area contributed by atoms with Crippen LogP contribution in [0.5, 0.6) is 5.75 Å². The van der Waals surface area contributed by atoms with Crippen LogP contribution < -0.4 is 4.52 Å². The van der Waals surface area contributed by atoms with Crippen molar-refractivity contribution in [1.29, 1.82) is 0 Å². The van der Waals surface area contributed by atoms with Crippen LogP contribution in [0.2, 0.25) is 0 Å². The molecule has 20 heavy (non-hydrogen) atoms. The zero-order chi connectivity index (χ0) is 14.8. The third kappa shape index (κ3) is 2.80. The lowest BCUT2D eigenvalue weighted by molar-refractivity contribution is -0.0281. The van der Waals surface area contributed by atoms with Crippen molar-refractivity contribution in [3.8, 4) is 5.75 Å². The lowest BCUT2D eigenvalue weighted by atomic mass is 10.1. The minimum absolute atomic E-state index is 0.247. The van der Waals surface area contributed by atoms with E-state index in [1.54, 1.807) is 30.3 Å². The largest absolute Gasteiger partial charge is 0.423 e. The zero-order valence-electron chi connectivity index (χ0n) is 10.6. The molecule has 1 aromatic carbocycles. The second-order valence-electron chi connectivity index (χ2n) is 4.35. The van der Waals surface area contributed by atoms with Gasteiger partial charge in [-0.25, -0.2) is 4.57 Å². The molecule has 9 heteroatoms. The van der Waals surface area contributed by atoms with E-state index in [4.69, 9.17) is 14.6 Å². The van der Waals surface area contributed by atoms with Crippen molar-refractivity contribution in [2.24, 2.45) is 5.11 Å². The zero-order valence-corrected chi connectivity index (χ0v) is 11.5. The summed E-state index contributed by atoms with van der Waals surface area (Å²) in [7, 11) is -3.98. The molecule has 1 heterocycles. The molecule has 1 aliphatic heterocycles. The van der Waals surface area contributed by atoms with Crippen LogP contribution in [0.4, 0.5) is 0 Å². The fourth-order valence-corrected chi connectivity index (χ4v) is 3.75. The molecular formula is C11H14N3O5P. The van der Waals surface area contributed by atoms with E-state index in [-0.39, 0.29) is 5.75 Å². The third-order valence-corrected chi connectivity index (χ3v) is 4.98. The van der Waals surface area contributed by atoms with Gasteiger partial charge >= 0.3 is 7.60 Å². The van der Waals surface area contributed by atoms with Crippen LogP contribution in [-0.4, -0.2) is 34.3 Å². The second-order valence-corrected chi connectivity index (χ2v) is 6.36. The first-order chi connectivity index (χ1) is 9.48. The summed E-state index contributed by atoms with van der Waals surface area (Å²) in [5.74, 6) is -1.54. The first-order valence-corrected chi connectivity index (χ1v) is 7.52. The first-order valence-electron chi connectivity index (χ1n) is 5.91. The minimum atomic E-state index is -3.98. The Morgan fingerprint density at radius 3 is 2.65 bits per heavy atom. The summed E-state index contributed by atoms with van der Waals surface area (Å²) >= 11 is 0. The topological polar surface area (TPSA) is 125 Å². The van der Waals surface area contributed by atoms with E-state index in [1.165, 1.54) is 6.92 Å². The van der Waals surface area contributed by atoms with E-state index >= 15 is 0 Å². The quantitative estimate of drug-likeness (QED) is 0.382. The summed E-state index contributed by atoms with van der Waals surface area (Å²) in [5.41, 5.74) is 8.42. The van der Waals surface area contributed by atoms with Crippen LogP contribution in [0.1, 0.15) is 6.92 Å². The van der Waals surface area contributed by atoms with E-state index in [9.17, 15) is 14.8 Å². The molecule has 0 saturated carbocycles. The van der Waals surface area contributed by atoms with Crippen LogP contribution in [0.15, 0.2) is 35.4 Å². The number of para-hydroxylation sites is 1. The van der Waals surface area contributed by atoms with Gasteiger partial charge in [0.2, 0.25) is 0 Å². The lowest BCUT2D eigenvalue weighted by Crippen LogP contribution is -2.48. The van der Waals surface area contributed by atoms with Crippen LogP contribution in [0, 0.1) is 0 Å². The smallest absolute Gasteiger partial charge is 0.410 e. The SMILES string of the molecule is C[C@H]1O[P@@](=O)(Oc2ccccc2)[C@H](O)[C@H](O)[C@H]1N=[N+]=[N-]. The van der Waals surface area contributed by atoms with Crippen LogP contribution in [0.3, 0.4) is 0 Å². The third-order valence-electron chi connectivity index (χ3n) is 2.93. The van der Waals surface area contributed by atoms with Gasteiger partial charge in [-0.15, -0.1) is 0 Å². The van der Waals surface area contributed by atoms with Crippen molar-refractivity contribution < 1.29 is 23.8 Å². The van der Waals surface area contributed by atoms with Gasteiger partial charge in [-0.3, -0.25) is 4.52 Å². The van der Waals surface area contributed by atoms with Crippen molar-refractivity contribution in [2.75, 3.05) is 0 Å². The summed E-state index contributed by atoms with van der Waals surface area (Å²) < 4.78 is 22.9. The number of aliphatic hydroxyl groups excluding tert-OH is 2. The Morgan fingerprint density at radius 2 is 2.05 bits per heavy atom. The van der Waals surface area contributed by atoms with Crippen LogP contribution >= 0.6 is 7.60 Å². The molecule has 1 fully saturated rings. The maximum absolute atomic E-state index is 12.5. The van der Waals surface area contributed by atoms with Gasteiger partial charge in [-0.1, -0.05) is 23.3 Å². The van der Waals surface area contributed by atoms with Gasteiger partial charge in [-0.2, -0.15) is 0 Å². The molecule has 2 N–H and O–H groups in total. The summed E-state index contributed by atoms with van der Waals surface area (Å²) in [6.07, 6.45) is -2.37. The number of nitrogens with zero attached hydrogens (tertiary/aromatic N) is 3. The molecule has 1 aliphatic rings. The van der Waals surface area contributed by atoms with Crippen molar-refractivity contribution in [2.45, 2.75) is 31.0 Å². The highest BCUT2D eigenvalue weighted by Gasteiger charge is 2.52. The Balaban J connectivity index is 2.25. The molecule has 0 radical (unpaired) electrons. The maximum Gasteiger partial charge on any atom is 0.410 e. The van der Waals surface area contributed by atoms with E-state index in [0.717, 1.165) is 0 Å². The summed E-state index contributed by atoms with van der Waals surface area (Å²) in [5, 5.41) is 23.2. The van der Waals surface area contributed by atoms with Gasteiger partial charge in [0.1, 0.15) is 11.9 Å². The molecule has 108 valence electrons. The predicted molar refractivity (Wildman–Crippen MR) is 70.2 cm³/mol. The van der Waals surface area contributed by atoms with Gasteiger partial charge < -0.3 is 14.7 Å². The predicted octanol–water partition coefficient (Wildman–Crippen LogP) is 2.04. The minimum Gasteiger partial charge on any atom is -0.423 e. The molecule has 1 saturated heterocycles. The highest BCUT2D eigenvalue weighted by atomic mass is 31.2. The van der Waals surface area contributed by atoms with Gasteiger partial charge in [0.15, 0.2) is 5.85 Å². The Hall–Kier alpha value is -1.56. The van der Waals surface area contributed by atoms with E-state index in [0.29, 0.717) is 0 Å². The lowest BCUT2D eigenvalue weighted by Gasteiger charge is -2.38. The molecular weight excluding hydrogens is 285 g/mol. The Kier molecular flexibility index (Phi) is 4.32. The fraction of sp³-hybridized carbons (Fsp3) is 0.455. The molecule has 1 aromatic rings. The van der Waals surface area contributed by atoms with Gasteiger partial charge in [0, 0.05) is 4.91 Å². The highest BCUT2D eigenvalue weighted by Crippen LogP contribution is 2.57. The Bertz CT molecular complexity index is 562. The molecule has 0 spiro atoms. The number of rotatable bonds is 3. The second kappa shape index (κ2) is 5.83. The Morgan fingerprint density at radius 1 is 1.40 bits per heavy atom. The molecule has 2 rings (SSSR count). The molecule has 0 aliphatic carbocycles.